The van der Waals surface area contributed by atoms with E-state index < -0.39 is 0 Å². The summed E-state index contributed by atoms with van der Waals surface area (Å²) in [5.74, 6) is 0.680. The van der Waals surface area contributed by atoms with Gasteiger partial charge < -0.3 is 15.8 Å². The zero-order chi connectivity index (χ0) is 12.9. The van der Waals surface area contributed by atoms with Crippen LogP contribution in [0.2, 0.25) is 5.02 Å². The third-order valence-electron chi connectivity index (χ3n) is 2.60. The average molecular weight is 258 g/mol. The molecule has 0 amide bonds. The van der Waals surface area contributed by atoms with Crippen molar-refractivity contribution >= 4 is 23.1 Å². The first kappa shape index (κ1) is 14.1. The van der Waals surface area contributed by atoms with Crippen molar-refractivity contribution in [2.75, 3.05) is 31.3 Å². The molecular formula is C12H20ClN3O. The predicted molar refractivity (Wildman–Crippen MR) is 72.4 cm³/mol. The van der Waals surface area contributed by atoms with Gasteiger partial charge in [0.25, 0.3) is 0 Å². The molecule has 1 aromatic rings. The van der Waals surface area contributed by atoms with Crippen LogP contribution in [0.3, 0.4) is 0 Å². The lowest BCUT2D eigenvalue weighted by atomic mass is 9.90. The van der Waals surface area contributed by atoms with Crippen molar-refractivity contribution in [1.29, 1.82) is 0 Å². The Morgan fingerprint density at radius 1 is 1.53 bits per heavy atom. The maximum atomic E-state index is 5.82. The van der Waals surface area contributed by atoms with Crippen molar-refractivity contribution in [1.82, 2.24) is 4.98 Å². The van der Waals surface area contributed by atoms with Crippen LogP contribution in [0.25, 0.3) is 0 Å². The second-order valence-corrected chi connectivity index (χ2v) is 5.29. The Kier molecular flexibility index (Phi) is 5.02. The van der Waals surface area contributed by atoms with Gasteiger partial charge in [0.2, 0.25) is 0 Å². The summed E-state index contributed by atoms with van der Waals surface area (Å²) < 4.78 is 5.08. The molecule has 0 fully saturated rings. The zero-order valence-corrected chi connectivity index (χ0v) is 11.3. The number of nitrogens with zero attached hydrogens (tertiary/aromatic N) is 1. The maximum absolute atomic E-state index is 5.82. The first-order valence-corrected chi connectivity index (χ1v) is 5.96. The number of ether oxygens (including phenoxy) is 1. The molecule has 0 atom stereocenters. The molecule has 4 nitrogen and oxygen atoms in total. The summed E-state index contributed by atoms with van der Waals surface area (Å²) in [4.78, 5) is 4.16. The van der Waals surface area contributed by atoms with E-state index in [-0.39, 0.29) is 5.41 Å². The van der Waals surface area contributed by atoms with Crippen LogP contribution < -0.4 is 11.1 Å². The van der Waals surface area contributed by atoms with Gasteiger partial charge in [0.05, 0.1) is 10.7 Å². The Morgan fingerprint density at radius 3 is 2.82 bits per heavy atom. The summed E-state index contributed by atoms with van der Waals surface area (Å²) >= 11 is 5.79. The van der Waals surface area contributed by atoms with Gasteiger partial charge in [0.1, 0.15) is 5.82 Å². The minimum Gasteiger partial charge on any atom is -0.396 e. The Bertz CT molecular complexity index is 369. The fourth-order valence-corrected chi connectivity index (χ4v) is 1.56. The Balaban J connectivity index is 2.54. The van der Waals surface area contributed by atoms with Crippen molar-refractivity contribution in [2.24, 2.45) is 5.41 Å². The normalized spacial score (nSPS) is 11.5. The first-order valence-electron chi connectivity index (χ1n) is 5.58. The number of hydrogen-bond donors (Lipinski definition) is 2. The minimum atomic E-state index is 0.129. The minimum absolute atomic E-state index is 0.129. The van der Waals surface area contributed by atoms with Crippen LogP contribution >= 0.6 is 11.6 Å². The zero-order valence-electron chi connectivity index (χ0n) is 10.6. The van der Waals surface area contributed by atoms with Crippen molar-refractivity contribution in [3.63, 3.8) is 0 Å². The molecule has 0 aromatic carbocycles. The van der Waals surface area contributed by atoms with E-state index in [2.05, 4.69) is 24.1 Å². The molecule has 0 radical (unpaired) electrons. The molecule has 17 heavy (non-hydrogen) atoms. The van der Waals surface area contributed by atoms with Gasteiger partial charge in [0, 0.05) is 26.5 Å². The molecule has 1 aromatic heterocycles. The topological polar surface area (TPSA) is 60.2 Å². The van der Waals surface area contributed by atoms with Gasteiger partial charge in [-0.2, -0.15) is 0 Å². The molecule has 1 heterocycles. The van der Waals surface area contributed by atoms with Gasteiger partial charge in [-0.3, -0.25) is 0 Å². The van der Waals surface area contributed by atoms with E-state index in [1.54, 1.807) is 19.4 Å². The Hall–Kier alpha value is -1.00. The maximum Gasteiger partial charge on any atom is 0.149 e. The lowest BCUT2D eigenvalue weighted by Gasteiger charge is -2.25. The van der Waals surface area contributed by atoms with E-state index in [1.807, 2.05) is 0 Å². The van der Waals surface area contributed by atoms with E-state index in [4.69, 9.17) is 22.1 Å². The largest absolute Gasteiger partial charge is 0.396 e. The summed E-state index contributed by atoms with van der Waals surface area (Å²) in [6.45, 7) is 5.88. The predicted octanol–water partition coefficient (Wildman–Crippen LogP) is 2.79. The van der Waals surface area contributed by atoms with E-state index in [1.165, 1.54) is 0 Å². The second kappa shape index (κ2) is 6.07. The second-order valence-electron chi connectivity index (χ2n) is 4.85. The lowest BCUT2D eigenvalue weighted by Crippen LogP contribution is -2.25. The molecule has 0 aliphatic rings. The first-order chi connectivity index (χ1) is 7.94. The number of halogens is 1. The number of anilines is 2. The quantitative estimate of drug-likeness (QED) is 0.823. The summed E-state index contributed by atoms with van der Waals surface area (Å²) in [6, 6.07) is 1.69. The molecule has 1 rings (SSSR count). The number of pyridine rings is 1. The van der Waals surface area contributed by atoms with Crippen LogP contribution in [-0.4, -0.2) is 25.2 Å². The van der Waals surface area contributed by atoms with Crippen molar-refractivity contribution < 1.29 is 4.74 Å². The van der Waals surface area contributed by atoms with Crippen LogP contribution in [0.5, 0.6) is 0 Å². The number of nitrogen functional groups attached to an aromatic ring is 1. The summed E-state index contributed by atoms with van der Waals surface area (Å²) in [5.41, 5.74) is 6.51. The monoisotopic (exact) mass is 257 g/mol. The highest BCUT2D eigenvalue weighted by atomic mass is 35.5. The fraction of sp³-hybridized carbons (Fsp3) is 0.583. The van der Waals surface area contributed by atoms with Crippen LogP contribution in [0, 0.1) is 5.41 Å². The summed E-state index contributed by atoms with van der Waals surface area (Å²) in [5, 5.41) is 3.79. The van der Waals surface area contributed by atoms with Crippen LogP contribution in [0.4, 0.5) is 11.5 Å². The third kappa shape index (κ3) is 4.79. The van der Waals surface area contributed by atoms with Crippen molar-refractivity contribution in [2.45, 2.75) is 20.3 Å². The molecule has 0 saturated carbocycles. The number of rotatable bonds is 6. The van der Waals surface area contributed by atoms with Gasteiger partial charge in [-0.1, -0.05) is 25.4 Å². The van der Waals surface area contributed by atoms with Gasteiger partial charge >= 0.3 is 0 Å². The highest BCUT2D eigenvalue weighted by molar-refractivity contribution is 6.30. The molecule has 0 aliphatic carbocycles. The third-order valence-corrected chi connectivity index (χ3v) is 2.81. The standard InChI is InChI=1S/C12H20ClN3O/c1-12(2,4-5-17-3)8-16-11-10(14)6-9(13)7-15-11/h6-7H,4-5,8,14H2,1-3H3,(H,15,16). The molecule has 0 aliphatic heterocycles. The lowest BCUT2D eigenvalue weighted by molar-refractivity contribution is 0.157. The number of nitrogens with two attached hydrogens (primary N) is 1. The molecule has 5 heteroatoms. The number of aromatic nitrogens is 1. The van der Waals surface area contributed by atoms with Crippen LogP contribution in [-0.2, 0) is 4.74 Å². The Labute approximate surface area is 108 Å². The van der Waals surface area contributed by atoms with E-state index in [0.29, 0.717) is 16.5 Å². The summed E-state index contributed by atoms with van der Waals surface area (Å²) in [6.07, 6.45) is 2.56. The fourth-order valence-electron chi connectivity index (χ4n) is 1.39. The number of nitrogens with one attached hydrogen (secondary N) is 1. The van der Waals surface area contributed by atoms with Gasteiger partial charge in [-0.15, -0.1) is 0 Å². The molecular weight excluding hydrogens is 238 g/mol. The number of methoxy groups -OCH3 is 1. The smallest absolute Gasteiger partial charge is 0.149 e. The average Bonchev–Trinajstić information content (AvgIpc) is 2.25. The van der Waals surface area contributed by atoms with Crippen molar-refractivity contribution in [3.8, 4) is 0 Å². The Morgan fingerprint density at radius 2 is 2.24 bits per heavy atom. The van der Waals surface area contributed by atoms with Crippen molar-refractivity contribution in [3.05, 3.63) is 17.3 Å². The van der Waals surface area contributed by atoms with Crippen LogP contribution in [0.15, 0.2) is 12.3 Å². The highest BCUT2D eigenvalue weighted by Gasteiger charge is 2.17. The molecule has 3 N–H and O–H groups in total. The van der Waals surface area contributed by atoms with E-state index >= 15 is 0 Å². The van der Waals surface area contributed by atoms with Gasteiger partial charge in [0.15, 0.2) is 0 Å². The molecule has 0 bridgehead atoms. The van der Waals surface area contributed by atoms with E-state index in [0.717, 1.165) is 19.6 Å². The SMILES string of the molecule is COCCC(C)(C)CNc1ncc(Cl)cc1N. The summed E-state index contributed by atoms with van der Waals surface area (Å²) in [7, 11) is 1.71. The highest BCUT2D eigenvalue weighted by Crippen LogP contribution is 2.24. The van der Waals surface area contributed by atoms with Gasteiger partial charge in [-0.05, 0) is 17.9 Å². The molecule has 0 spiro atoms. The van der Waals surface area contributed by atoms with Crippen LogP contribution in [0.1, 0.15) is 20.3 Å². The molecule has 96 valence electrons. The molecule has 0 saturated heterocycles. The van der Waals surface area contributed by atoms with E-state index in [9.17, 15) is 0 Å². The van der Waals surface area contributed by atoms with Gasteiger partial charge in [-0.25, -0.2) is 4.98 Å². The number of hydrogen-bond acceptors (Lipinski definition) is 4. The molecule has 0 unspecified atom stereocenters.